The molecular weight excluding hydrogens is 368 g/mol. The van der Waals surface area contributed by atoms with Gasteiger partial charge in [-0.05, 0) is 31.0 Å². The number of aryl methyl sites for hydroxylation is 1. The highest BCUT2D eigenvalue weighted by molar-refractivity contribution is 7.09. The van der Waals surface area contributed by atoms with Crippen LogP contribution in [0.3, 0.4) is 0 Å². The van der Waals surface area contributed by atoms with Crippen LogP contribution in [0.4, 0.5) is 17.6 Å². The van der Waals surface area contributed by atoms with Gasteiger partial charge in [0, 0.05) is 24.9 Å². The van der Waals surface area contributed by atoms with Gasteiger partial charge < -0.3 is 10.6 Å². The van der Waals surface area contributed by atoms with Crippen molar-refractivity contribution in [3.8, 4) is 0 Å². The predicted octanol–water partition coefficient (Wildman–Crippen LogP) is 3.91. The summed E-state index contributed by atoms with van der Waals surface area (Å²) in [6.07, 6.45) is -4.05. The fourth-order valence-electron chi connectivity index (χ4n) is 2.16. The molecule has 4 nitrogen and oxygen atoms in total. The fraction of sp³-hybridized carbons (Fsp3) is 0.412. The van der Waals surface area contributed by atoms with Crippen LogP contribution in [-0.4, -0.2) is 24.0 Å². The van der Waals surface area contributed by atoms with Gasteiger partial charge in [-0.25, -0.2) is 14.4 Å². The third kappa shape index (κ3) is 5.98. The van der Waals surface area contributed by atoms with Gasteiger partial charge >= 0.3 is 6.18 Å². The summed E-state index contributed by atoms with van der Waals surface area (Å²) in [5.41, 5.74) is 0.570. The SMILES string of the molecule is CCNC(=NCc1ccc(F)c(C)c1)NCCc1nc(C(F)(F)F)cs1. The van der Waals surface area contributed by atoms with Crippen LogP contribution in [0, 0.1) is 12.7 Å². The van der Waals surface area contributed by atoms with E-state index in [9.17, 15) is 17.6 Å². The first-order chi connectivity index (χ1) is 12.3. The van der Waals surface area contributed by atoms with E-state index in [2.05, 4.69) is 20.6 Å². The van der Waals surface area contributed by atoms with Gasteiger partial charge in [0.05, 0.1) is 11.6 Å². The Morgan fingerprint density at radius 1 is 1.27 bits per heavy atom. The molecule has 0 radical (unpaired) electrons. The maximum Gasteiger partial charge on any atom is 0.434 e. The molecule has 0 atom stereocenters. The van der Waals surface area contributed by atoms with E-state index in [4.69, 9.17) is 0 Å². The van der Waals surface area contributed by atoms with Crippen LogP contribution in [0.1, 0.15) is 28.8 Å². The second kappa shape index (κ2) is 8.98. The Kier molecular flexibility index (Phi) is 6.96. The smallest absolute Gasteiger partial charge is 0.357 e. The lowest BCUT2D eigenvalue weighted by molar-refractivity contribution is -0.140. The number of aromatic nitrogens is 1. The molecule has 0 fully saturated rings. The molecule has 0 saturated carbocycles. The average molecular weight is 388 g/mol. The van der Waals surface area contributed by atoms with Gasteiger partial charge in [0.1, 0.15) is 5.82 Å². The predicted molar refractivity (Wildman–Crippen MR) is 94.8 cm³/mol. The number of guanidine groups is 1. The molecule has 0 spiro atoms. The van der Waals surface area contributed by atoms with E-state index in [-0.39, 0.29) is 5.82 Å². The number of rotatable bonds is 6. The molecule has 1 aromatic carbocycles. The number of nitrogens with one attached hydrogen (secondary N) is 2. The maximum absolute atomic E-state index is 13.3. The molecule has 142 valence electrons. The third-order valence-electron chi connectivity index (χ3n) is 3.46. The Bertz CT molecular complexity index is 755. The van der Waals surface area contributed by atoms with Gasteiger partial charge in [-0.15, -0.1) is 11.3 Å². The summed E-state index contributed by atoms with van der Waals surface area (Å²) in [6, 6.07) is 4.81. The van der Waals surface area contributed by atoms with Crippen LogP contribution in [0.5, 0.6) is 0 Å². The average Bonchev–Trinajstić information content (AvgIpc) is 3.05. The summed E-state index contributed by atoms with van der Waals surface area (Å²) in [6.45, 7) is 5.01. The van der Waals surface area contributed by atoms with E-state index < -0.39 is 11.9 Å². The van der Waals surface area contributed by atoms with Crippen LogP contribution in [0.25, 0.3) is 0 Å². The monoisotopic (exact) mass is 388 g/mol. The molecule has 0 bridgehead atoms. The number of thiazole rings is 1. The minimum Gasteiger partial charge on any atom is -0.357 e. The van der Waals surface area contributed by atoms with Crippen molar-refractivity contribution in [2.75, 3.05) is 13.1 Å². The lowest BCUT2D eigenvalue weighted by Crippen LogP contribution is -2.38. The summed E-state index contributed by atoms with van der Waals surface area (Å²) < 4.78 is 50.9. The van der Waals surface area contributed by atoms with Crippen molar-refractivity contribution in [2.24, 2.45) is 4.99 Å². The number of aliphatic imine (C=N–C) groups is 1. The summed E-state index contributed by atoms with van der Waals surface area (Å²) in [4.78, 5) is 8.00. The molecule has 0 aliphatic rings. The van der Waals surface area contributed by atoms with Crippen molar-refractivity contribution in [1.82, 2.24) is 15.6 Å². The molecule has 2 N–H and O–H groups in total. The largest absolute Gasteiger partial charge is 0.434 e. The summed E-state index contributed by atoms with van der Waals surface area (Å²) in [7, 11) is 0. The van der Waals surface area contributed by atoms with E-state index in [0.29, 0.717) is 42.6 Å². The van der Waals surface area contributed by atoms with E-state index >= 15 is 0 Å². The van der Waals surface area contributed by atoms with Crippen LogP contribution in [0.15, 0.2) is 28.6 Å². The van der Waals surface area contributed by atoms with E-state index in [1.165, 1.54) is 6.07 Å². The van der Waals surface area contributed by atoms with Crippen LogP contribution in [0.2, 0.25) is 0 Å². The Balaban J connectivity index is 1.90. The van der Waals surface area contributed by atoms with Gasteiger partial charge in [-0.3, -0.25) is 0 Å². The number of halogens is 4. The standard InChI is InChI=1S/C17H20F4N4S/c1-3-22-16(24-9-12-4-5-13(18)11(2)8-12)23-7-6-15-25-14(10-26-15)17(19,20)21/h4-5,8,10H,3,6-7,9H2,1-2H3,(H2,22,23,24). The van der Waals surface area contributed by atoms with Gasteiger partial charge in [0.2, 0.25) is 0 Å². The highest BCUT2D eigenvalue weighted by Crippen LogP contribution is 2.29. The van der Waals surface area contributed by atoms with Crippen LogP contribution >= 0.6 is 11.3 Å². The van der Waals surface area contributed by atoms with Crippen molar-refractivity contribution in [3.05, 3.63) is 51.2 Å². The van der Waals surface area contributed by atoms with Crippen molar-refractivity contribution in [2.45, 2.75) is 33.0 Å². The molecule has 0 unspecified atom stereocenters. The first kappa shape index (κ1) is 20.2. The minimum atomic E-state index is -4.41. The zero-order chi connectivity index (χ0) is 19.2. The Morgan fingerprint density at radius 2 is 2.04 bits per heavy atom. The fourth-order valence-corrected chi connectivity index (χ4v) is 2.97. The second-order valence-corrected chi connectivity index (χ2v) is 6.52. The van der Waals surface area contributed by atoms with Gasteiger partial charge in [-0.1, -0.05) is 12.1 Å². The Morgan fingerprint density at radius 3 is 2.65 bits per heavy atom. The van der Waals surface area contributed by atoms with Crippen molar-refractivity contribution >= 4 is 17.3 Å². The molecule has 0 amide bonds. The van der Waals surface area contributed by atoms with Crippen molar-refractivity contribution < 1.29 is 17.6 Å². The summed E-state index contributed by atoms with van der Waals surface area (Å²) in [5, 5.41) is 7.56. The number of nitrogens with zero attached hydrogens (tertiary/aromatic N) is 2. The van der Waals surface area contributed by atoms with Gasteiger partial charge in [-0.2, -0.15) is 13.2 Å². The maximum atomic E-state index is 13.3. The first-order valence-corrected chi connectivity index (χ1v) is 8.96. The van der Waals surface area contributed by atoms with E-state index in [1.807, 2.05) is 6.92 Å². The molecule has 0 saturated heterocycles. The molecule has 2 rings (SSSR count). The quantitative estimate of drug-likeness (QED) is 0.448. The molecule has 9 heteroatoms. The van der Waals surface area contributed by atoms with E-state index in [1.54, 1.807) is 19.1 Å². The van der Waals surface area contributed by atoms with Crippen molar-refractivity contribution in [3.63, 3.8) is 0 Å². The molecule has 26 heavy (non-hydrogen) atoms. The molecule has 1 heterocycles. The van der Waals surface area contributed by atoms with Gasteiger partial charge in [0.15, 0.2) is 11.7 Å². The molecule has 1 aromatic heterocycles. The number of benzene rings is 1. The zero-order valence-corrected chi connectivity index (χ0v) is 15.3. The normalized spacial score (nSPS) is 12.3. The van der Waals surface area contributed by atoms with E-state index in [0.717, 1.165) is 22.3 Å². The molecule has 2 aromatic rings. The molecule has 0 aliphatic heterocycles. The highest BCUT2D eigenvalue weighted by atomic mass is 32.1. The summed E-state index contributed by atoms with van der Waals surface area (Å²) >= 11 is 0.988. The minimum absolute atomic E-state index is 0.260. The third-order valence-corrected chi connectivity index (χ3v) is 4.37. The molecule has 0 aliphatic carbocycles. The number of hydrogen-bond acceptors (Lipinski definition) is 3. The topological polar surface area (TPSA) is 49.3 Å². The lowest BCUT2D eigenvalue weighted by Gasteiger charge is -2.11. The lowest BCUT2D eigenvalue weighted by atomic mass is 10.1. The number of alkyl halides is 3. The van der Waals surface area contributed by atoms with Crippen LogP contribution < -0.4 is 10.6 Å². The second-order valence-electron chi connectivity index (χ2n) is 5.58. The highest BCUT2D eigenvalue weighted by Gasteiger charge is 2.33. The Hall–Kier alpha value is -2.16. The van der Waals surface area contributed by atoms with Crippen LogP contribution in [-0.2, 0) is 19.1 Å². The summed E-state index contributed by atoms with van der Waals surface area (Å²) in [5.74, 6) is 0.284. The van der Waals surface area contributed by atoms with Crippen molar-refractivity contribution in [1.29, 1.82) is 0 Å². The number of hydrogen-bond donors (Lipinski definition) is 2. The molecular formula is C17H20F4N4S. The Labute approximate surface area is 153 Å². The van der Waals surface area contributed by atoms with Gasteiger partial charge in [0.25, 0.3) is 0 Å². The first-order valence-electron chi connectivity index (χ1n) is 8.08. The zero-order valence-electron chi connectivity index (χ0n) is 14.5.